The molecule has 0 saturated heterocycles. The highest BCUT2D eigenvalue weighted by molar-refractivity contribution is 5.50. The second-order valence-electron chi connectivity index (χ2n) is 6.14. The van der Waals surface area contributed by atoms with Crippen LogP contribution < -0.4 is 0 Å². The number of hydrogen-bond donors (Lipinski definition) is 0. The van der Waals surface area contributed by atoms with E-state index in [4.69, 9.17) is 0 Å². The normalized spacial score (nSPS) is 12.4. The molecule has 1 atom stereocenters. The van der Waals surface area contributed by atoms with Crippen molar-refractivity contribution in [3.05, 3.63) is 72.7 Å². The zero-order valence-corrected chi connectivity index (χ0v) is 14.5. The van der Waals surface area contributed by atoms with Gasteiger partial charge >= 0.3 is 0 Å². The highest BCUT2D eigenvalue weighted by atomic mass is 15.3. The van der Waals surface area contributed by atoms with Crippen molar-refractivity contribution in [3.8, 4) is 17.2 Å². The number of nitrogens with zero attached hydrogens (tertiary/aromatic N) is 6. The Kier molecular flexibility index (Phi) is 3.72. The van der Waals surface area contributed by atoms with Gasteiger partial charge in [0.1, 0.15) is 11.5 Å². The van der Waals surface area contributed by atoms with Crippen molar-refractivity contribution in [3.63, 3.8) is 0 Å². The summed E-state index contributed by atoms with van der Waals surface area (Å²) in [5, 5.41) is 4.51. The van der Waals surface area contributed by atoms with Crippen LogP contribution in [0.4, 0.5) is 0 Å². The maximum absolute atomic E-state index is 4.55. The minimum absolute atomic E-state index is 0.116. The molecule has 1 aromatic carbocycles. The van der Waals surface area contributed by atoms with Crippen LogP contribution in [0.25, 0.3) is 17.2 Å². The molecule has 0 radical (unpaired) electrons. The molecule has 0 aliphatic heterocycles. The summed E-state index contributed by atoms with van der Waals surface area (Å²) < 4.78 is 6.11. The molecule has 25 heavy (non-hydrogen) atoms. The Morgan fingerprint density at radius 2 is 1.84 bits per heavy atom. The van der Waals surface area contributed by atoms with E-state index in [0.717, 1.165) is 28.6 Å². The van der Waals surface area contributed by atoms with E-state index in [2.05, 4.69) is 37.3 Å². The van der Waals surface area contributed by atoms with Crippen molar-refractivity contribution in [2.24, 2.45) is 7.05 Å². The van der Waals surface area contributed by atoms with Crippen LogP contribution in [0.2, 0.25) is 0 Å². The molecule has 4 aromatic rings. The second kappa shape index (κ2) is 6.05. The van der Waals surface area contributed by atoms with Gasteiger partial charge in [0.25, 0.3) is 0 Å². The predicted molar refractivity (Wildman–Crippen MR) is 96.5 cm³/mol. The topological polar surface area (TPSA) is 53.5 Å². The van der Waals surface area contributed by atoms with Crippen LogP contribution in [0.5, 0.6) is 0 Å². The first kappa shape index (κ1) is 15.4. The minimum atomic E-state index is 0.116. The lowest BCUT2D eigenvalue weighted by Gasteiger charge is -2.15. The zero-order valence-electron chi connectivity index (χ0n) is 14.5. The van der Waals surface area contributed by atoms with E-state index in [0.29, 0.717) is 0 Å². The van der Waals surface area contributed by atoms with E-state index in [-0.39, 0.29) is 6.04 Å². The number of rotatable bonds is 4. The molecule has 0 bridgehead atoms. The van der Waals surface area contributed by atoms with E-state index in [1.54, 1.807) is 0 Å². The van der Waals surface area contributed by atoms with Crippen molar-refractivity contribution in [1.82, 2.24) is 28.9 Å². The lowest BCUT2D eigenvalue weighted by molar-refractivity contribution is 0.641. The Morgan fingerprint density at radius 3 is 2.56 bits per heavy atom. The van der Waals surface area contributed by atoms with Crippen LogP contribution in [0.1, 0.15) is 24.4 Å². The van der Waals surface area contributed by atoms with Crippen molar-refractivity contribution in [1.29, 1.82) is 0 Å². The second-order valence-corrected chi connectivity index (χ2v) is 6.14. The van der Waals surface area contributed by atoms with Gasteiger partial charge in [-0.25, -0.2) is 14.6 Å². The number of aromatic nitrogens is 6. The molecule has 6 heteroatoms. The van der Waals surface area contributed by atoms with Gasteiger partial charge in [-0.1, -0.05) is 18.2 Å². The third-order valence-electron chi connectivity index (χ3n) is 4.64. The standard InChI is InChI=1S/C19H20N6/c1-14(16-11-22-25(13-16)17-7-5-4-6-8-17)24-10-9-20-19(24)18-12-21-15(2)23(18)3/h4-14H,1-3H3. The zero-order chi connectivity index (χ0) is 17.4. The van der Waals surface area contributed by atoms with Crippen molar-refractivity contribution in [2.75, 3.05) is 0 Å². The lowest BCUT2D eigenvalue weighted by Crippen LogP contribution is -2.08. The molecule has 4 rings (SSSR count). The molecule has 0 fully saturated rings. The van der Waals surface area contributed by atoms with Gasteiger partial charge in [0, 0.05) is 31.2 Å². The number of para-hydroxylation sites is 1. The fourth-order valence-corrected chi connectivity index (χ4v) is 2.97. The Labute approximate surface area is 146 Å². The van der Waals surface area contributed by atoms with Crippen molar-refractivity contribution >= 4 is 0 Å². The van der Waals surface area contributed by atoms with Crippen molar-refractivity contribution < 1.29 is 0 Å². The molecule has 0 aliphatic rings. The van der Waals surface area contributed by atoms with Crippen LogP contribution in [0, 0.1) is 6.92 Å². The SMILES string of the molecule is Cc1ncc(-c2nccn2C(C)c2cnn(-c3ccccc3)c2)n1C. The quantitative estimate of drug-likeness (QED) is 0.576. The predicted octanol–water partition coefficient (Wildman–Crippen LogP) is 3.39. The first-order valence-electron chi connectivity index (χ1n) is 8.26. The monoisotopic (exact) mass is 332 g/mol. The highest BCUT2D eigenvalue weighted by Gasteiger charge is 2.18. The van der Waals surface area contributed by atoms with Crippen LogP contribution in [-0.2, 0) is 7.05 Å². The fourth-order valence-electron chi connectivity index (χ4n) is 2.97. The summed E-state index contributed by atoms with van der Waals surface area (Å²) in [7, 11) is 2.01. The van der Waals surface area contributed by atoms with Crippen LogP contribution in [-0.4, -0.2) is 28.9 Å². The smallest absolute Gasteiger partial charge is 0.158 e. The third-order valence-corrected chi connectivity index (χ3v) is 4.64. The van der Waals surface area contributed by atoms with Gasteiger partial charge in [0.15, 0.2) is 5.82 Å². The molecule has 3 heterocycles. The summed E-state index contributed by atoms with van der Waals surface area (Å²) in [5.74, 6) is 1.87. The molecule has 0 N–H and O–H groups in total. The average molecular weight is 332 g/mol. The van der Waals surface area contributed by atoms with Gasteiger partial charge in [0.05, 0.1) is 24.1 Å². The molecule has 0 aliphatic carbocycles. The molecule has 0 saturated carbocycles. The summed E-state index contributed by atoms with van der Waals surface area (Å²) in [5.41, 5.74) is 3.18. The van der Waals surface area contributed by atoms with Gasteiger partial charge < -0.3 is 9.13 Å². The molecule has 6 nitrogen and oxygen atoms in total. The summed E-state index contributed by atoms with van der Waals surface area (Å²) >= 11 is 0. The lowest BCUT2D eigenvalue weighted by atomic mass is 10.2. The van der Waals surface area contributed by atoms with Gasteiger partial charge in [0.2, 0.25) is 0 Å². The van der Waals surface area contributed by atoms with Gasteiger partial charge in [-0.2, -0.15) is 5.10 Å². The first-order valence-corrected chi connectivity index (χ1v) is 8.26. The summed E-state index contributed by atoms with van der Waals surface area (Å²) in [6.07, 6.45) is 9.68. The number of aryl methyl sites for hydroxylation is 1. The van der Waals surface area contributed by atoms with Crippen molar-refractivity contribution in [2.45, 2.75) is 19.9 Å². The number of hydrogen-bond acceptors (Lipinski definition) is 3. The summed E-state index contributed by atoms with van der Waals surface area (Å²) in [6.45, 7) is 4.14. The number of benzene rings is 1. The van der Waals surface area contributed by atoms with E-state index >= 15 is 0 Å². The minimum Gasteiger partial charge on any atom is -0.329 e. The highest BCUT2D eigenvalue weighted by Crippen LogP contribution is 2.26. The Bertz CT molecular complexity index is 992. The Hall–Kier alpha value is -3.15. The third kappa shape index (κ3) is 2.65. The maximum atomic E-state index is 4.55. The molecule has 1 unspecified atom stereocenters. The average Bonchev–Trinajstić information content (AvgIpc) is 3.37. The van der Waals surface area contributed by atoms with Gasteiger partial charge in [-0.15, -0.1) is 0 Å². The van der Waals surface area contributed by atoms with E-state index < -0.39 is 0 Å². The molecular formula is C19H20N6. The van der Waals surface area contributed by atoms with Crippen LogP contribution in [0.15, 0.2) is 61.3 Å². The number of imidazole rings is 2. The Morgan fingerprint density at radius 1 is 1.04 bits per heavy atom. The molecule has 3 aromatic heterocycles. The molecule has 126 valence electrons. The van der Waals surface area contributed by atoms with Crippen LogP contribution >= 0.6 is 0 Å². The largest absolute Gasteiger partial charge is 0.329 e. The van der Waals surface area contributed by atoms with Crippen LogP contribution in [0.3, 0.4) is 0 Å². The van der Waals surface area contributed by atoms with E-state index in [1.165, 1.54) is 0 Å². The van der Waals surface area contributed by atoms with E-state index in [9.17, 15) is 0 Å². The maximum Gasteiger partial charge on any atom is 0.158 e. The van der Waals surface area contributed by atoms with Gasteiger partial charge in [-0.3, -0.25) is 0 Å². The summed E-state index contributed by atoms with van der Waals surface area (Å²) in [4.78, 5) is 8.93. The molecule has 0 amide bonds. The first-order chi connectivity index (χ1) is 12.1. The molecular weight excluding hydrogens is 312 g/mol. The molecule has 0 spiro atoms. The summed E-state index contributed by atoms with van der Waals surface area (Å²) in [6, 6.07) is 10.2. The fraction of sp³-hybridized carbons (Fsp3) is 0.211. The Balaban J connectivity index is 1.69. The van der Waals surface area contributed by atoms with E-state index in [1.807, 2.05) is 73.8 Å². The van der Waals surface area contributed by atoms with Gasteiger partial charge in [-0.05, 0) is 26.0 Å².